The zero-order valence-electron chi connectivity index (χ0n) is 14.1. The van der Waals surface area contributed by atoms with Gasteiger partial charge in [-0.15, -0.1) is 0 Å². The average molecular weight is 310 g/mol. The Morgan fingerprint density at radius 3 is 2.23 bits per heavy atom. The van der Waals surface area contributed by atoms with Crippen LogP contribution in [-0.2, 0) is 25.4 Å². The quantitative estimate of drug-likeness (QED) is 0.413. The molecule has 22 heavy (non-hydrogen) atoms. The van der Waals surface area contributed by atoms with Crippen molar-refractivity contribution in [2.45, 2.75) is 46.0 Å². The maximum Gasteiger partial charge on any atom is 0.183 e. The van der Waals surface area contributed by atoms with Gasteiger partial charge in [0.25, 0.3) is 0 Å². The van der Waals surface area contributed by atoms with Gasteiger partial charge in [0.15, 0.2) is 6.29 Å². The van der Waals surface area contributed by atoms with Crippen LogP contribution in [0.5, 0.6) is 0 Å². The van der Waals surface area contributed by atoms with Gasteiger partial charge in [0.2, 0.25) is 0 Å². The van der Waals surface area contributed by atoms with E-state index in [1.165, 1.54) is 5.56 Å². The van der Waals surface area contributed by atoms with Gasteiger partial charge in [-0.05, 0) is 32.3 Å². The Bertz CT molecular complexity index is 355. The first kappa shape index (κ1) is 19.1. The SMILES string of the molecule is CCOCCOC(CC)C(OCC)OCCc1ccccc1. The molecule has 0 aliphatic carbocycles. The highest BCUT2D eigenvalue weighted by Crippen LogP contribution is 2.11. The zero-order chi connectivity index (χ0) is 16.0. The van der Waals surface area contributed by atoms with E-state index in [2.05, 4.69) is 19.1 Å². The molecule has 0 radical (unpaired) electrons. The average Bonchev–Trinajstić information content (AvgIpc) is 2.55. The highest BCUT2D eigenvalue weighted by atomic mass is 16.7. The first-order chi connectivity index (χ1) is 10.8. The normalized spacial score (nSPS) is 14.0. The first-order valence-electron chi connectivity index (χ1n) is 8.28. The topological polar surface area (TPSA) is 36.9 Å². The summed E-state index contributed by atoms with van der Waals surface area (Å²) in [5, 5.41) is 0. The highest BCUT2D eigenvalue weighted by molar-refractivity contribution is 5.14. The monoisotopic (exact) mass is 310 g/mol. The molecular formula is C18H30O4. The molecule has 126 valence electrons. The summed E-state index contributed by atoms with van der Waals surface area (Å²) in [6.07, 6.45) is 1.35. The second kappa shape index (κ2) is 12.6. The fraction of sp³-hybridized carbons (Fsp3) is 0.667. The summed E-state index contributed by atoms with van der Waals surface area (Å²) in [7, 11) is 0. The van der Waals surface area contributed by atoms with Gasteiger partial charge in [-0.1, -0.05) is 37.3 Å². The van der Waals surface area contributed by atoms with Crippen LogP contribution in [0.15, 0.2) is 30.3 Å². The maximum atomic E-state index is 5.91. The molecule has 0 saturated carbocycles. The van der Waals surface area contributed by atoms with Gasteiger partial charge in [-0.25, -0.2) is 0 Å². The van der Waals surface area contributed by atoms with Crippen LogP contribution < -0.4 is 0 Å². The molecule has 4 heteroatoms. The molecule has 0 heterocycles. The second-order valence-corrected chi connectivity index (χ2v) is 4.94. The van der Waals surface area contributed by atoms with Crippen molar-refractivity contribution in [1.82, 2.24) is 0 Å². The number of hydrogen-bond acceptors (Lipinski definition) is 4. The van der Waals surface area contributed by atoms with Crippen molar-refractivity contribution in [2.24, 2.45) is 0 Å². The standard InChI is InChI=1S/C18H30O4/c1-4-17(21-15-14-19-5-2)18(20-6-3)22-13-12-16-10-8-7-9-11-16/h7-11,17-18H,4-6,12-15H2,1-3H3. The molecule has 1 rings (SSSR count). The minimum absolute atomic E-state index is 0.0591. The number of benzene rings is 1. The molecule has 4 nitrogen and oxygen atoms in total. The van der Waals surface area contributed by atoms with Gasteiger partial charge >= 0.3 is 0 Å². The van der Waals surface area contributed by atoms with Crippen molar-refractivity contribution in [3.05, 3.63) is 35.9 Å². The predicted octanol–water partition coefficient (Wildman–Crippen LogP) is 3.44. The van der Waals surface area contributed by atoms with Crippen LogP contribution in [0.4, 0.5) is 0 Å². The van der Waals surface area contributed by atoms with E-state index in [-0.39, 0.29) is 12.4 Å². The lowest BCUT2D eigenvalue weighted by atomic mass is 10.2. The van der Waals surface area contributed by atoms with Gasteiger partial charge in [-0.3, -0.25) is 0 Å². The summed E-state index contributed by atoms with van der Waals surface area (Å²) in [6.45, 7) is 9.16. The summed E-state index contributed by atoms with van der Waals surface area (Å²) in [5.41, 5.74) is 1.27. The number of hydrogen-bond donors (Lipinski definition) is 0. The minimum atomic E-state index is -0.319. The molecule has 2 atom stereocenters. The fourth-order valence-electron chi connectivity index (χ4n) is 2.16. The Morgan fingerprint density at radius 2 is 1.59 bits per heavy atom. The Kier molecular flexibility index (Phi) is 10.9. The van der Waals surface area contributed by atoms with Crippen molar-refractivity contribution < 1.29 is 18.9 Å². The third-order valence-corrected chi connectivity index (χ3v) is 3.32. The van der Waals surface area contributed by atoms with E-state index in [0.29, 0.717) is 33.0 Å². The molecule has 0 aliphatic rings. The van der Waals surface area contributed by atoms with Crippen molar-refractivity contribution in [3.8, 4) is 0 Å². The van der Waals surface area contributed by atoms with E-state index in [4.69, 9.17) is 18.9 Å². The summed E-state index contributed by atoms with van der Waals surface area (Å²) >= 11 is 0. The van der Waals surface area contributed by atoms with Crippen LogP contribution >= 0.6 is 0 Å². The van der Waals surface area contributed by atoms with Gasteiger partial charge in [-0.2, -0.15) is 0 Å². The molecule has 0 amide bonds. The van der Waals surface area contributed by atoms with Crippen molar-refractivity contribution in [2.75, 3.05) is 33.0 Å². The molecule has 0 aromatic heterocycles. The lowest BCUT2D eigenvalue weighted by Crippen LogP contribution is -2.35. The van der Waals surface area contributed by atoms with Crippen LogP contribution in [0.1, 0.15) is 32.8 Å². The van der Waals surface area contributed by atoms with E-state index in [1.807, 2.05) is 32.0 Å². The summed E-state index contributed by atoms with van der Waals surface area (Å²) in [6, 6.07) is 10.3. The lowest BCUT2D eigenvalue weighted by Gasteiger charge is -2.26. The van der Waals surface area contributed by atoms with Crippen LogP contribution in [0.2, 0.25) is 0 Å². The van der Waals surface area contributed by atoms with Gasteiger partial charge in [0.05, 0.1) is 19.8 Å². The van der Waals surface area contributed by atoms with Crippen LogP contribution in [0, 0.1) is 0 Å². The zero-order valence-corrected chi connectivity index (χ0v) is 14.1. The van der Waals surface area contributed by atoms with E-state index >= 15 is 0 Å². The Labute approximate surface area is 134 Å². The summed E-state index contributed by atoms with van der Waals surface area (Å²) < 4.78 is 22.7. The Balaban J connectivity index is 2.37. The molecule has 0 aliphatic heterocycles. The van der Waals surface area contributed by atoms with Crippen LogP contribution in [0.3, 0.4) is 0 Å². The van der Waals surface area contributed by atoms with Gasteiger partial charge in [0.1, 0.15) is 6.10 Å². The van der Waals surface area contributed by atoms with Gasteiger partial charge in [0, 0.05) is 13.2 Å². The number of ether oxygens (including phenoxy) is 4. The minimum Gasteiger partial charge on any atom is -0.379 e. The summed E-state index contributed by atoms with van der Waals surface area (Å²) in [4.78, 5) is 0. The largest absolute Gasteiger partial charge is 0.379 e. The third kappa shape index (κ3) is 7.90. The predicted molar refractivity (Wildman–Crippen MR) is 88.0 cm³/mol. The van der Waals surface area contributed by atoms with E-state index < -0.39 is 0 Å². The third-order valence-electron chi connectivity index (χ3n) is 3.32. The molecule has 0 fully saturated rings. The molecule has 0 spiro atoms. The highest BCUT2D eigenvalue weighted by Gasteiger charge is 2.21. The Hall–Kier alpha value is -0.940. The van der Waals surface area contributed by atoms with E-state index in [9.17, 15) is 0 Å². The molecule has 2 unspecified atom stereocenters. The summed E-state index contributed by atoms with van der Waals surface area (Å²) in [5.74, 6) is 0. The van der Waals surface area contributed by atoms with Crippen LogP contribution in [-0.4, -0.2) is 45.4 Å². The van der Waals surface area contributed by atoms with Crippen LogP contribution in [0.25, 0.3) is 0 Å². The molecule has 0 bridgehead atoms. The van der Waals surface area contributed by atoms with E-state index in [1.54, 1.807) is 0 Å². The lowest BCUT2D eigenvalue weighted by molar-refractivity contribution is -0.207. The molecule has 0 saturated heterocycles. The first-order valence-corrected chi connectivity index (χ1v) is 8.28. The molecule has 1 aromatic rings. The fourth-order valence-corrected chi connectivity index (χ4v) is 2.16. The van der Waals surface area contributed by atoms with Crippen molar-refractivity contribution >= 4 is 0 Å². The second-order valence-electron chi connectivity index (χ2n) is 4.94. The number of rotatable bonds is 13. The van der Waals surface area contributed by atoms with Gasteiger partial charge < -0.3 is 18.9 Å². The van der Waals surface area contributed by atoms with E-state index in [0.717, 1.165) is 12.8 Å². The Morgan fingerprint density at radius 1 is 0.818 bits per heavy atom. The molecule has 0 N–H and O–H groups in total. The smallest absolute Gasteiger partial charge is 0.183 e. The van der Waals surface area contributed by atoms with Crippen molar-refractivity contribution in [1.29, 1.82) is 0 Å². The molecule has 1 aromatic carbocycles. The molecular weight excluding hydrogens is 280 g/mol. The van der Waals surface area contributed by atoms with Crippen molar-refractivity contribution in [3.63, 3.8) is 0 Å². The maximum absolute atomic E-state index is 5.91.